The summed E-state index contributed by atoms with van der Waals surface area (Å²) in [6, 6.07) is 26.0. The van der Waals surface area contributed by atoms with Crippen LogP contribution in [0.15, 0.2) is 81.6 Å². The second-order valence-corrected chi connectivity index (χ2v) is 13.1. The van der Waals surface area contributed by atoms with Crippen molar-refractivity contribution in [2.75, 3.05) is 0 Å². The Balaban J connectivity index is 1.04. The van der Waals surface area contributed by atoms with Crippen LogP contribution in [0.1, 0.15) is 5.56 Å². The molecule has 0 unspecified atom stereocenters. The molecule has 0 radical (unpaired) electrons. The van der Waals surface area contributed by atoms with Crippen LogP contribution in [0.25, 0.3) is 91.0 Å². The fourth-order valence-corrected chi connectivity index (χ4v) is 8.60. The molecule has 0 fully saturated rings. The van der Waals surface area contributed by atoms with Crippen molar-refractivity contribution in [2.45, 2.75) is 0 Å². The molecule has 6 heterocycles. The Hall–Kier alpha value is -5.24. The van der Waals surface area contributed by atoms with Crippen molar-refractivity contribution in [2.24, 2.45) is 0 Å². The van der Waals surface area contributed by atoms with Crippen LogP contribution in [-0.4, -0.2) is 17.5 Å². The second kappa shape index (κ2) is 9.64. The number of aromatic nitrogens is 4. The van der Waals surface area contributed by atoms with E-state index in [2.05, 4.69) is 52.7 Å². The molecule has 0 amide bonds. The van der Waals surface area contributed by atoms with Crippen molar-refractivity contribution >= 4 is 94.1 Å². The molecular formula is C32H12N6O2S4. The number of thiophene rings is 2. The van der Waals surface area contributed by atoms with Gasteiger partial charge < -0.3 is 8.83 Å². The molecule has 9 rings (SSSR count). The molecule has 0 N–H and O–H groups in total. The standard InChI is InChI=1S/C32H12N6O2S4/c1-34-20-5-4-19(31-32(20)38-44-37-31)22-7-9-24(40-22)28-13-17-11-25-16(10-26(17)42-28)12-27(41-25)23-8-6-21(39-23)18-3-2-15(14-33)29-30(18)36-43-35-29/h2-13H. The zero-order chi connectivity index (χ0) is 29.4. The molecule has 6 aromatic heterocycles. The number of hydrogen-bond donors (Lipinski definition) is 0. The van der Waals surface area contributed by atoms with Gasteiger partial charge in [-0.05, 0) is 71.4 Å². The summed E-state index contributed by atoms with van der Waals surface area (Å²) in [6.07, 6.45) is 0. The van der Waals surface area contributed by atoms with Gasteiger partial charge in [-0.1, -0.05) is 12.1 Å². The SMILES string of the molecule is [C-]#[N+]c1ccc(-c2ccc(-c3cc4cc5sc(-c6ccc(-c7ccc(C#N)c8nsnc78)o6)cc5cc4s3)o2)c2nsnc12. The molecule has 206 valence electrons. The summed E-state index contributed by atoms with van der Waals surface area (Å²) in [7, 11) is 0. The maximum atomic E-state index is 9.40. The monoisotopic (exact) mass is 640 g/mol. The topological polar surface area (TPSA) is 106 Å². The van der Waals surface area contributed by atoms with Crippen molar-refractivity contribution in [1.29, 1.82) is 5.26 Å². The van der Waals surface area contributed by atoms with Gasteiger partial charge in [0, 0.05) is 20.5 Å². The van der Waals surface area contributed by atoms with Gasteiger partial charge in [0.25, 0.3) is 0 Å². The minimum atomic E-state index is 0.491. The summed E-state index contributed by atoms with van der Waals surface area (Å²) in [5.74, 6) is 2.95. The summed E-state index contributed by atoms with van der Waals surface area (Å²) in [4.78, 5) is 5.63. The fourth-order valence-electron chi connectivity index (χ4n) is 5.34. The van der Waals surface area contributed by atoms with Crippen molar-refractivity contribution < 1.29 is 8.83 Å². The highest BCUT2D eigenvalue weighted by molar-refractivity contribution is 7.23. The lowest BCUT2D eigenvalue weighted by atomic mass is 10.1. The third-order valence-electron chi connectivity index (χ3n) is 7.43. The van der Waals surface area contributed by atoms with Crippen LogP contribution < -0.4 is 0 Å². The Morgan fingerprint density at radius 3 is 1.73 bits per heavy atom. The van der Waals surface area contributed by atoms with E-state index in [0.717, 1.165) is 71.3 Å². The first-order valence-electron chi connectivity index (χ1n) is 13.1. The normalized spacial score (nSPS) is 11.6. The summed E-state index contributed by atoms with van der Waals surface area (Å²) in [5.41, 5.74) is 5.22. The molecule has 8 nitrogen and oxygen atoms in total. The number of nitrogens with zero attached hydrogens (tertiary/aromatic N) is 6. The van der Waals surface area contributed by atoms with Crippen molar-refractivity contribution in [1.82, 2.24) is 17.5 Å². The lowest BCUT2D eigenvalue weighted by Crippen LogP contribution is -1.82. The average Bonchev–Trinajstić information content (AvgIpc) is 3.88. The van der Waals surface area contributed by atoms with Crippen LogP contribution in [0.4, 0.5) is 5.69 Å². The van der Waals surface area contributed by atoms with E-state index >= 15 is 0 Å². The number of furan rings is 2. The molecule has 0 spiro atoms. The van der Waals surface area contributed by atoms with Crippen LogP contribution >= 0.6 is 46.1 Å². The Bertz CT molecular complexity index is 2440. The van der Waals surface area contributed by atoms with Gasteiger partial charge in [-0.2, -0.15) is 22.8 Å². The zero-order valence-corrected chi connectivity index (χ0v) is 25.3. The molecule has 0 bridgehead atoms. The maximum absolute atomic E-state index is 9.40. The van der Waals surface area contributed by atoms with E-state index in [4.69, 9.17) is 15.4 Å². The molecule has 0 aliphatic rings. The quantitative estimate of drug-likeness (QED) is 0.176. The van der Waals surface area contributed by atoms with Gasteiger partial charge >= 0.3 is 0 Å². The molecule has 3 aromatic carbocycles. The van der Waals surface area contributed by atoms with Gasteiger partial charge in [0.1, 0.15) is 51.2 Å². The summed E-state index contributed by atoms with van der Waals surface area (Å²) in [5, 5.41) is 11.7. The minimum Gasteiger partial charge on any atom is -0.455 e. The minimum absolute atomic E-state index is 0.491. The summed E-state index contributed by atoms with van der Waals surface area (Å²) >= 11 is 5.56. The Labute approximate surface area is 264 Å². The van der Waals surface area contributed by atoms with Crippen LogP contribution in [0.2, 0.25) is 0 Å². The van der Waals surface area contributed by atoms with E-state index < -0.39 is 0 Å². The lowest BCUT2D eigenvalue weighted by Gasteiger charge is -1.99. The third kappa shape index (κ3) is 3.83. The van der Waals surface area contributed by atoms with Crippen molar-refractivity contribution in [3.63, 3.8) is 0 Å². The third-order valence-corrected chi connectivity index (χ3v) is 10.7. The molecule has 0 aliphatic carbocycles. The predicted molar refractivity (Wildman–Crippen MR) is 176 cm³/mol. The molecule has 9 aromatic rings. The van der Waals surface area contributed by atoms with Gasteiger partial charge in [-0.25, -0.2) is 4.85 Å². The van der Waals surface area contributed by atoms with Crippen LogP contribution in [0.3, 0.4) is 0 Å². The molecule has 0 aliphatic heterocycles. The van der Waals surface area contributed by atoms with Crippen molar-refractivity contribution in [3.8, 4) is 50.0 Å². The smallest absolute Gasteiger partial charge is 0.215 e. The molecule has 0 atom stereocenters. The number of nitriles is 1. The van der Waals surface area contributed by atoms with E-state index in [1.807, 2.05) is 36.4 Å². The number of rotatable bonds is 4. The Morgan fingerprint density at radius 1 is 0.614 bits per heavy atom. The van der Waals surface area contributed by atoms with E-state index in [1.54, 1.807) is 34.8 Å². The van der Waals surface area contributed by atoms with E-state index in [1.165, 1.54) is 4.70 Å². The van der Waals surface area contributed by atoms with E-state index in [-0.39, 0.29) is 0 Å². The van der Waals surface area contributed by atoms with Crippen LogP contribution in [0.5, 0.6) is 0 Å². The average molecular weight is 641 g/mol. The predicted octanol–water partition coefficient (Wildman–Crippen LogP) is 10.4. The molecule has 12 heteroatoms. The highest BCUT2D eigenvalue weighted by atomic mass is 32.1. The lowest BCUT2D eigenvalue weighted by molar-refractivity contribution is 0.599. The largest absolute Gasteiger partial charge is 0.455 e. The van der Waals surface area contributed by atoms with E-state index in [9.17, 15) is 5.26 Å². The number of fused-ring (bicyclic) bond motifs is 4. The summed E-state index contributed by atoms with van der Waals surface area (Å²) < 4.78 is 32.4. The first-order chi connectivity index (χ1) is 21.7. The van der Waals surface area contributed by atoms with Gasteiger partial charge in [-0.3, -0.25) is 0 Å². The first kappa shape index (κ1) is 25.3. The highest BCUT2D eigenvalue weighted by Crippen LogP contribution is 2.43. The fraction of sp³-hybridized carbons (Fsp3) is 0. The first-order valence-corrected chi connectivity index (χ1v) is 16.2. The molecule has 0 saturated carbocycles. The highest BCUT2D eigenvalue weighted by Gasteiger charge is 2.18. The van der Waals surface area contributed by atoms with Gasteiger partial charge in [0.2, 0.25) is 5.69 Å². The Morgan fingerprint density at radius 2 is 1.14 bits per heavy atom. The summed E-state index contributed by atoms with van der Waals surface area (Å²) in [6.45, 7) is 7.39. The van der Waals surface area contributed by atoms with Crippen molar-refractivity contribution in [3.05, 3.63) is 89.8 Å². The Kier molecular flexibility index (Phi) is 5.54. The molecule has 0 saturated heterocycles. The van der Waals surface area contributed by atoms with Crippen LogP contribution in [-0.2, 0) is 0 Å². The van der Waals surface area contributed by atoms with Crippen LogP contribution in [0, 0.1) is 17.9 Å². The van der Waals surface area contributed by atoms with Gasteiger partial charge in [0.15, 0.2) is 0 Å². The molecular weight excluding hydrogens is 629 g/mol. The van der Waals surface area contributed by atoms with E-state index in [0.29, 0.717) is 44.8 Å². The van der Waals surface area contributed by atoms with Gasteiger partial charge in [0.05, 0.1) is 45.3 Å². The number of benzene rings is 3. The maximum Gasteiger partial charge on any atom is 0.215 e. The van der Waals surface area contributed by atoms with Gasteiger partial charge in [-0.15, -0.1) is 22.7 Å². The zero-order valence-electron chi connectivity index (χ0n) is 22.1. The molecule has 44 heavy (non-hydrogen) atoms. The number of hydrogen-bond acceptors (Lipinski definition) is 11. The second-order valence-electron chi connectivity index (χ2n) is 9.92.